The molecule has 0 bridgehead atoms. The topological polar surface area (TPSA) is 46.7 Å². The van der Waals surface area contributed by atoms with Crippen molar-refractivity contribution in [3.8, 4) is 17.3 Å². The fraction of sp³-hybridized carbons (Fsp3) is 0.160. The van der Waals surface area contributed by atoms with Crippen LogP contribution in [-0.2, 0) is 31.9 Å². The largest absolute Gasteiger partial charge is 0.509 e. The Morgan fingerprint density at radius 2 is 1.40 bits per heavy atom. The number of pyridine rings is 1. The van der Waals surface area contributed by atoms with Gasteiger partial charge in [-0.1, -0.05) is 108 Å². The molecule has 9 aromatic rings. The average molecular weight is 932 g/mol. The summed E-state index contributed by atoms with van der Waals surface area (Å²) in [4.78, 5) is 8.44. The van der Waals surface area contributed by atoms with E-state index < -0.39 is 24.2 Å². The van der Waals surface area contributed by atoms with Crippen LogP contribution in [0.1, 0.15) is 62.3 Å². The number of hydrogen-bond donors (Lipinski definition) is 0. The first kappa shape index (κ1) is 29.4. The third kappa shape index (κ3) is 6.27. The van der Waals surface area contributed by atoms with Crippen molar-refractivity contribution in [2.45, 2.75) is 52.4 Å². The molecule has 0 amide bonds. The van der Waals surface area contributed by atoms with E-state index in [1.165, 1.54) is 0 Å². The molecule has 0 spiro atoms. The summed E-state index contributed by atoms with van der Waals surface area (Å²) in [7, 11) is 0. The van der Waals surface area contributed by atoms with Crippen LogP contribution < -0.4 is 14.5 Å². The van der Waals surface area contributed by atoms with Crippen molar-refractivity contribution < 1.29 is 39.8 Å². The molecular formula is C50H41N4O2Pt-3. The average Bonchev–Trinajstić information content (AvgIpc) is 3.94. The van der Waals surface area contributed by atoms with Crippen LogP contribution in [-0.4, -0.2) is 9.55 Å². The van der Waals surface area contributed by atoms with Gasteiger partial charge in [0.1, 0.15) is 11.4 Å². The molecule has 0 radical (unpaired) electrons. The summed E-state index contributed by atoms with van der Waals surface area (Å²) in [5, 5.41) is 2.12. The van der Waals surface area contributed by atoms with Crippen molar-refractivity contribution in [2.24, 2.45) is 0 Å². The predicted molar refractivity (Wildman–Crippen MR) is 229 cm³/mol. The summed E-state index contributed by atoms with van der Waals surface area (Å²) in [5.74, 6) is 1.72. The molecule has 286 valence electrons. The van der Waals surface area contributed by atoms with Gasteiger partial charge < -0.3 is 23.5 Å². The molecule has 6 aromatic carbocycles. The van der Waals surface area contributed by atoms with Gasteiger partial charge in [0.2, 0.25) is 0 Å². The van der Waals surface area contributed by atoms with Crippen molar-refractivity contribution in [1.82, 2.24) is 9.55 Å². The van der Waals surface area contributed by atoms with Crippen molar-refractivity contribution in [2.75, 3.05) is 9.80 Å². The van der Waals surface area contributed by atoms with Gasteiger partial charge in [0.25, 0.3) is 0 Å². The fourth-order valence-corrected chi connectivity index (χ4v) is 7.41. The molecule has 57 heavy (non-hydrogen) atoms. The Bertz CT molecular complexity index is 3390. The number of rotatable bonds is 5. The summed E-state index contributed by atoms with van der Waals surface area (Å²) >= 11 is 0. The number of aromatic nitrogens is 2. The molecule has 3 aromatic heterocycles. The molecule has 0 unspecified atom stereocenters. The van der Waals surface area contributed by atoms with E-state index in [9.17, 15) is 1.37 Å². The molecule has 1 aliphatic rings. The molecular weight excluding hydrogens is 884 g/mol. The second-order valence-electron chi connectivity index (χ2n) is 16.1. The molecule has 6 nitrogen and oxygen atoms in total. The minimum Gasteiger partial charge on any atom is -0.509 e. The van der Waals surface area contributed by atoms with Gasteiger partial charge in [0, 0.05) is 66.4 Å². The first-order valence-electron chi connectivity index (χ1n) is 22.0. The minimum absolute atomic E-state index is 0. The quantitative estimate of drug-likeness (QED) is 0.161. The molecule has 0 atom stereocenters. The first-order valence-corrected chi connectivity index (χ1v) is 18.5. The smallest absolute Gasteiger partial charge is 0.156 e. The Labute approximate surface area is 357 Å². The van der Waals surface area contributed by atoms with E-state index in [4.69, 9.17) is 22.4 Å². The van der Waals surface area contributed by atoms with Crippen LogP contribution >= 0.6 is 0 Å². The van der Waals surface area contributed by atoms with E-state index in [1.54, 1.807) is 11.6 Å². The molecule has 4 heterocycles. The van der Waals surface area contributed by atoms with Gasteiger partial charge in [-0.2, -0.15) is 6.07 Å². The van der Waals surface area contributed by atoms with Crippen LogP contribution in [0.2, 0.25) is 0 Å². The zero-order valence-electron chi connectivity index (χ0n) is 39.2. The zero-order chi connectivity index (χ0) is 44.4. The van der Waals surface area contributed by atoms with E-state index in [1.807, 2.05) is 71.8 Å². The Balaban J connectivity index is 0.00000518. The Morgan fingerprint density at radius 3 is 2.21 bits per heavy atom. The summed E-state index contributed by atoms with van der Waals surface area (Å²) < 4.78 is 75.9. The summed E-state index contributed by atoms with van der Waals surface area (Å²) in [6.45, 7) is 14.7. The predicted octanol–water partition coefficient (Wildman–Crippen LogP) is 13.5. The van der Waals surface area contributed by atoms with E-state index in [-0.39, 0.29) is 77.6 Å². The van der Waals surface area contributed by atoms with E-state index >= 15 is 0 Å². The number of furan rings is 1. The molecule has 0 fully saturated rings. The minimum atomic E-state index is -0.476. The van der Waals surface area contributed by atoms with Crippen LogP contribution in [0.15, 0.2) is 138 Å². The second-order valence-corrected chi connectivity index (χ2v) is 16.1. The van der Waals surface area contributed by atoms with Crippen LogP contribution in [0.4, 0.5) is 22.7 Å². The van der Waals surface area contributed by atoms with E-state index in [0.29, 0.717) is 22.9 Å². The number of ether oxygens (including phenoxy) is 1. The Hall–Kier alpha value is -5.84. The molecule has 0 aliphatic carbocycles. The second kappa shape index (κ2) is 13.7. The monoisotopic (exact) mass is 931 g/mol. The molecule has 1 aliphatic heterocycles. The molecule has 0 saturated carbocycles. The third-order valence-electron chi connectivity index (χ3n) is 10.4. The maximum Gasteiger partial charge on any atom is 0.156 e. The maximum absolute atomic E-state index is 9.18. The molecule has 0 N–H and O–H groups in total. The molecule has 7 heteroatoms. The summed E-state index contributed by atoms with van der Waals surface area (Å²) in [6.07, 6.45) is 1.85. The van der Waals surface area contributed by atoms with E-state index in [0.717, 1.165) is 44.4 Å². The summed E-state index contributed by atoms with van der Waals surface area (Å²) in [6, 6.07) is 32.2. The fourth-order valence-electron chi connectivity index (χ4n) is 7.41. The van der Waals surface area contributed by atoms with E-state index in [2.05, 4.69) is 82.5 Å². The van der Waals surface area contributed by atoms with Gasteiger partial charge in [0.05, 0.1) is 15.3 Å². The Morgan fingerprint density at radius 1 is 0.667 bits per heavy atom. The van der Waals surface area contributed by atoms with Crippen molar-refractivity contribution in [1.29, 1.82) is 0 Å². The number of hydrogen-bond acceptors (Lipinski definition) is 5. The molecule has 10 rings (SSSR count). The molecule has 0 saturated heterocycles. The number of fused-ring (bicyclic) bond motifs is 7. The SMILES string of the molecule is [2H]c1c([2H])c([2H])c2c(oc3c(N4[CH-]N(c5[c-]c(Oc6[c-]c7c(cc6)c6ccccc6n7-c6cc(C(C)(C)C)ccn6)cc(C(C)(C)C)c5)c5ccccc54)c([2H])c([2H])c([2H])c32)c1[2H].[Pt]. The first-order chi connectivity index (χ1) is 29.9. The Kier molecular flexibility index (Phi) is 7.05. The third-order valence-corrected chi connectivity index (χ3v) is 10.4. The number of nitrogens with zero attached hydrogens (tertiary/aromatic N) is 4. The van der Waals surface area contributed by atoms with Gasteiger partial charge in [-0.15, -0.1) is 53.6 Å². The van der Waals surface area contributed by atoms with Crippen molar-refractivity contribution >= 4 is 66.5 Å². The normalized spacial score (nSPS) is 14.9. The van der Waals surface area contributed by atoms with Crippen LogP contribution in [0, 0.1) is 18.8 Å². The number of benzene rings is 6. The van der Waals surface area contributed by atoms with Crippen LogP contribution in [0.25, 0.3) is 49.6 Å². The number of anilines is 4. The van der Waals surface area contributed by atoms with Gasteiger partial charge >= 0.3 is 0 Å². The van der Waals surface area contributed by atoms with Gasteiger partial charge in [-0.3, -0.25) is 0 Å². The van der Waals surface area contributed by atoms with Gasteiger partial charge in [-0.05, 0) is 64.2 Å². The van der Waals surface area contributed by atoms with Crippen molar-refractivity contribution in [3.63, 3.8) is 0 Å². The van der Waals surface area contributed by atoms with Gasteiger partial charge in [0.15, 0.2) is 5.58 Å². The zero-order valence-corrected chi connectivity index (χ0v) is 34.4. The van der Waals surface area contributed by atoms with Crippen LogP contribution in [0.3, 0.4) is 0 Å². The number of para-hydroxylation sites is 5. The van der Waals surface area contributed by atoms with Crippen LogP contribution in [0.5, 0.6) is 11.5 Å². The van der Waals surface area contributed by atoms with Gasteiger partial charge in [-0.25, -0.2) is 4.98 Å². The summed E-state index contributed by atoms with van der Waals surface area (Å²) in [5.41, 5.74) is 5.53. The maximum atomic E-state index is 9.18. The van der Waals surface area contributed by atoms with Crippen molar-refractivity contribution in [3.05, 3.63) is 163 Å². The standard InChI is InChI=1S/C50H41N4O2.Pt/c1-49(2,3)32-24-25-51-47(28-32)54-41-17-9-7-14-37(41)38-23-22-35(30-45(38)54)55-36-27-33(50(4,5)6)26-34(29-36)52-31-53(43-19-11-10-18-42(43)52)44-20-13-16-40-39-15-8-12-21-46(39)56-48(40)44;/h7-28,31H,1-6H3;/q-3;/i8D,12D,13D,15D,16D,20D,21D;.